The summed E-state index contributed by atoms with van der Waals surface area (Å²) in [6.07, 6.45) is 10.6. The number of furan rings is 1. The van der Waals surface area contributed by atoms with Gasteiger partial charge in [0.15, 0.2) is 0 Å². The average Bonchev–Trinajstić information content (AvgIpc) is 3.76. The lowest BCUT2D eigenvalue weighted by Crippen LogP contribution is -2.14. The third kappa shape index (κ3) is 3.56. The normalized spacial score (nSPS) is 21.0. The summed E-state index contributed by atoms with van der Waals surface area (Å²) in [5.74, 6) is 3.10. The standard InChI is InChI=1S/C30H30N6O/c1-3-23(31-11-1)29-33-15-25(35-29)18-6-8-20-17(13-18)5-9-21-22-14-19(7-10-27(22)37-28(20)21)26-16-34-30(36-26)24-4-2-12-32-24/h6-8,10,13-16,23-24,31-32H,1-5,9,11-12H2,(H,33,35)(H,34,36)/t23-,24-/m0/s1. The van der Waals surface area contributed by atoms with E-state index in [2.05, 4.69) is 67.0 Å². The van der Waals surface area contributed by atoms with E-state index in [0.29, 0.717) is 12.1 Å². The molecule has 4 N–H and O–H groups in total. The molecule has 8 rings (SSSR count). The average molecular weight is 491 g/mol. The fourth-order valence-corrected chi connectivity index (χ4v) is 6.39. The maximum atomic E-state index is 6.45. The van der Waals surface area contributed by atoms with Gasteiger partial charge in [0.05, 0.1) is 35.9 Å². The monoisotopic (exact) mass is 490 g/mol. The Morgan fingerprint density at radius 1 is 0.757 bits per heavy atom. The van der Waals surface area contributed by atoms with Gasteiger partial charge in [-0.05, 0) is 87.0 Å². The molecule has 2 atom stereocenters. The van der Waals surface area contributed by atoms with Crippen molar-refractivity contribution < 1.29 is 4.42 Å². The van der Waals surface area contributed by atoms with E-state index in [1.54, 1.807) is 0 Å². The van der Waals surface area contributed by atoms with E-state index in [4.69, 9.17) is 4.42 Å². The fraction of sp³-hybridized carbons (Fsp3) is 0.333. The zero-order valence-electron chi connectivity index (χ0n) is 20.7. The summed E-state index contributed by atoms with van der Waals surface area (Å²) in [7, 11) is 0. The van der Waals surface area contributed by atoms with Gasteiger partial charge in [0, 0.05) is 22.1 Å². The fourth-order valence-electron chi connectivity index (χ4n) is 6.39. The number of aryl methyl sites for hydroxylation is 2. The van der Waals surface area contributed by atoms with Gasteiger partial charge in [-0.1, -0.05) is 12.1 Å². The van der Waals surface area contributed by atoms with E-state index in [0.717, 1.165) is 78.7 Å². The Morgan fingerprint density at radius 3 is 2.11 bits per heavy atom. The summed E-state index contributed by atoms with van der Waals surface area (Å²) in [5, 5.41) is 8.26. The highest BCUT2D eigenvalue weighted by Gasteiger charge is 2.25. The van der Waals surface area contributed by atoms with E-state index in [1.807, 2.05) is 12.4 Å². The van der Waals surface area contributed by atoms with E-state index >= 15 is 0 Å². The molecule has 0 bridgehead atoms. The Labute approximate surface area is 215 Å². The van der Waals surface area contributed by atoms with E-state index in [-0.39, 0.29) is 0 Å². The van der Waals surface area contributed by atoms with Crippen molar-refractivity contribution in [3.8, 4) is 33.8 Å². The third-order valence-corrected chi connectivity index (χ3v) is 8.38. The van der Waals surface area contributed by atoms with Gasteiger partial charge in [0.1, 0.15) is 23.0 Å². The number of aromatic amines is 2. The molecule has 0 unspecified atom stereocenters. The zero-order chi connectivity index (χ0) is 24.3. The lowest BCUT2D eigenvalue weighted by atomic mass is 9.88. The van der Waals surface area contributed by atoms with Crippen molar-refractivity contribution in [2.24, 2.45) is 0 Å². The second kappa shape index (κ2) is 8.43. The summed E-state index contributed by atoms with van der Waals surface area (Å²) in [4.78, 5) is 16.4. The van der Waals surface area contributed by atoms with Crippen LogP contribution in [0.15, 0.2) is 53.2 Å². The number of rotatable bonds is 4. The molecule has 0 spiro atoms. The van der Waals surface area contributed by atoms with Gasteiger partial charge in [-0.15, -0.1) is 0 Å². The summed E-state index contributed by atoms with van der Waals surface area (Å²) in [6, 6.07) is 13.9. The Morgan fingerprint density at radius 2 is 1.43 bits per heavy atom. The first-order valence-corrected chi connectivity index (χ1v) is 13.6. The predicted molar refractivity (Wildman–Crippen MR) is 144 cm³/mol. The van der Waals surface area contributed by atoms with Crippen molar-refractivity contribution in [3.05, 3.63) is 71.6 Å². The topological polar surface area (TPSA) is 94.6 Å². The highest BCUT2D eigenvalue weighted by atomic mass is 16.3. The molecule has 2 fully saturated rings. The molecule has 7 heteroatoms. The van der Waals surface area contributed by atoms with Gasteiger partial charge in [-0.3, -0.25) is 0 Å². The van der Waals surface area contributed by atoms with Crippen molar-refractivity contribution >= 4 is 11.0 Å². The maximum absolute atomic E-state index is 6.45. The van der Waals surface area contributed by atoms with Crippen molar-refractivity contribution in [2.45, 2.75) is 50.6 Å². The van der Waals surface area contributed by atoms with Crippen LogP contribution in [0.5, 0.6) is 0 Å². The number of aromatic nitrogens is 4. The summed E-state index contributed by atoms with van der Waals surface area (Å²) in [6.45, 7) is 2.14. The molecule has 186 valence electrons. The first-order valence-electron chi connectivity index (χ1n) is 13.6. The highest BCUT2D eigenvalue weighted by molar-refractivity contribution is 5.92. The number of benzene rings is 2. The second-order valence-corrected chi connectivity index (χ2v) is 10.7. The Balaban J connectivity index is 1.12. The molecule has 2 aromatic carbocycles. The SMILES string of the molecule is c1cc2c(cc1-c1cnc([C@@H]3CCCN3)[nH]1)CCc1c-2oc2ccc(-c3cnc([C@@H]4CCCN4)[nH]3)cc12. The van der Waals surface area contributed by atoms with Crippen LogP contribution in [0.2, 0.25) is 0 Å². The number of nitrogens with zero attached hydrogens (tertiary/aromatic N) is 2. The lowest BCUT2D eigenvalue weighted by molar-refractivity contribution is 0.613. The van der Waals surface area contributed by atoms with E-state index in [1.165, 1.54) is 40.5 Å². The Kier molecular flexibility index (Phi) is 4.88. The molecule has 7 nitrogen and oxygen atoms in total. The predicted octanol–water partition coefficient (Wildman–Crippen LogP) is 5.83. The van der Waals surface area contributed by atoms with Crippen LogP contribution in [0.3, 0.4) is 0 Å². The minimum Gasteiger partial charge on any atom is -0.456 e. The molecule has 5 aromatic rings. The van der Waals surface area contributed by atoms with Gasteiger partial charge >= 0.3 is 0 Å². The molecule has 5 heterocycles. The molecule has 3 aliphatic rings. The number of hydrogen-bond donors (Lipinski definition) is 4. The summed E-state index contributed by atoms with van der Waals surface area (Å²) < 4.78 is 6.45. The first kappa shape index (κ1) is 21.4. The largest absolute Gasteiger partial charge is 0.456 e. The molecule has 3 aromatic heterocycles. The summed E-state index contributed by atoms with van der Waals surface area (Å²) in [5.41, 5.74) is 9.28. The molecular formula is C30H30N6O. The minimum absolute atomic E-state index is 0.341. The van der Waals surface area contributed by atoms with Crippen molar-refractivity contribution in [1.82, 2.24) is 30.6 Å². The number of hydrogen-bond acceptors (Lipinski definition) is 5. The van der Waals surface area contributed by atoms with Gasteiger partial charge in [0.2, 0.25) is 0 Å². The van der Waals surface area contributed by atoms with Gasteiger partial charge in [-0.2, -0.15) is 0 Å². The van der Waals surface area contributed by atoms with Crippen LogP contribution in [0.1, 0.15) is 60.5 Å². The number of fused-ring (bicyclic) bond motifs is 5. The van der Waals surface area contributed by atoms with Crippen LogP contribution in [0.25, 0.3) is 44.8 Å². The zero-order valence-corrected chi connectivity index (χ0v) is 20.7. The van der Waals surface area contributed by atoms with Gasteiger partial charge < -0.3 is 25.0 Å². The molecule has 37 heavy (non-hydrogen) atoms. The third-order valence-electron chi connectivity index (χ3n) is 8.38. The van der Waals surface area contributed by atoms with Gasteiger partial charge in [0.25, 0.3) is 0 Å². The Hall–Kier alpha value is -3.68. The Bertz CT molecular complexity index is 1610. The molecule has 0 radical (unpaired) electrons. The van der Waals surface area contributed by atoms with Crippen molar-refractivity contribution in [2.75, 3.05) is 13.1 Å². The smallest absolute Gasteiger partial charge is 0.138 e. The molecular weight excluding hydrogens is 460 g/mol. The molecule has 0 saturated carbocycles. The second-order valence-electron chi connectivity index (χ2n) is 10.7. The number of imidazole rings is 2. The molecule has 0 amide bonds. The molecule has 2 saturated heterocycles. The van der Waals surface area contributed by atoms with Crippen LogP contribution in [0, 0.1) is 0 Å². The number of H-pyrrole nitrogens is 2. The molecule has 2 aliphatic heterocycles. The highest BCUT2D eigenvalue weighted by Crippen LogP contribution is 2.42. The minimum atomic E-state index is 0.341. The first-order chi connectivity index (χ1) is 18.3. The number of nitrogens with one attached hydrogen (secondary N) is 4. The molecule has 1 aliphatic carbocycles. The van der Waals surface area contributed by atoms with Crippen LogP contribution in [0.4, 0.5) is 0 Å². The summed E-state index contributed by atoms with van der Waals surface area (Å²) >= 11 is 0. The van der Waals surface area contributed by atoms with E-state index < -0.39 is 0 Å². The lowest BCUT2D eigenvalue weighted by Gasteiger charge is -2.16. The van der Waals surface area contributed by atoms with Crippen molar-refractivity contribution in [3.63, 3.8) is 0 Å². The maximum Gasteiger partial charge on any atom is 0.138 e. The van der Waals surface area contributed by atoms with Gasteiger partial charge in [-0.25, -0.2) is 9.97 Å². The van der Waals surface area contributed by atoms with Crippen LogP contribution >= 0.6 is 0 Å². The van der Waals surface area contributed by atoms with E-state index in [9.17, 15) is 0 Å². The quantitative estimate of drug-likeness (QED) is 0.254. The van der Waals surface area contributed by atoms with Crippen LogP contribution < -0.4 is 10.6 Å². The van der Waals surface area contributed by atoms with Crippen LogP contribution in [-0.4, -0.2) is 33.0 Å². The van der Waals surface area contributed by atoms with Crippen LogP contribution in [-0.2, 0) is 12.8 Å². The van der Waals surface area contributed by atoms with Crippen molar-refractivity contribution in [1.29, 1.82) is 0 Å².